The average molecular weight is 470 g/mol. The lowest BCUT2D eigenvalue weighted by molar-refractivity contribution is -0.118. The van der Waals surface area contributed by atoms with Gasteiger partial charge in [0.1, 0.15) is 23.1 Å². The van der Waals surface area contributed by atoms with Gasteiger partial charge in [-0.2, -0.15) is 5.26 Å². The van der Waals surface area contributed by atoms with Crippen LogP contribution in [0.1, 0.15) is 23.6 Å². The molecule has 0 atom stereocenters. The third kappa shape index (κ3) is 7.21. The molecule has 7 nitrogen and oxygen atoms in total. The molecule has 3 aromatic rings. The summed E-state index contributed by atoms with van der Waals surface area (Å²) in [5, 5.41) is 15.0. The number of ether oxygens (including phenoxy) is 2. The number of hydrogen-bond donors (Lipinski definition) is 2. The molecule has 0 saturated carbocycles. The van der Waals surface area contributed by atoms with Gasteiger partial charge in [-0.15, -0.1) is 0 Å². The van der Waals surface area contributed by atoms with Crippen LogP contribution in [0.2, 0.25) is 0 Å². The molecule has 0 aliphatic carbocycles. The number of aryl methyl sites for hydroxylation is 1. The van der Waals surface area contributed by atoms with E-state index in [1.165, 1.54) is 6.08 Å². The molecule has 0 heterocycles. The Hall–Kier alpha value is -4.57. The summed E-state index contributed by atoms with van der Waals surface area (Å²) in [7, 11) is 0. The third-order valence-electron chi connectivity index (χ3n) is 5.21. The number of nitrogens with one attached hydrogen (secondary N) is 2. The molecule has 35 heavy (non-hydrogen) atoms. The Bertz CT molecular complexity index is 1270. The Labute approximate surface area is 205 Å². The number of rotatable bonds is 9. The van der Waals surface area contributed by atoms with E-state index < -0.39 is 5.91 Å². The Balaban J connectivity index is 1.62. The maximum absolute atomic E-state index is 12.6. The predicted octanol–water partition coefficient (Wildman–Crippen LogP) is 5.27. The van der Waals surface area contributed by atoms with Crippen LogP contribution in [0.5, 0.6) is 11.5 Å². The molecule has 0 spiro atoms. The summed E-state index contributed by atoms with van der Waals surface area (Å²) in [6.07, 6.45) is 1.47. The van der Waals surface area contributed by atoms with Gasteiger partial charge in [-0.3, -0.25) is 9.59 Å². The molecule has 2 N–H and O–H groups in total. The monoisotopic (exact) mass is 469 g/mol. The van der Waals surface area contributed by atoms with Gasteiger partial charge in [0.25, 0.3) is 11.8 Å². The highest BCUT2D eigenvalue weighted by Crippen LogP contribution is 2.20. The molecule has 0 fully saturated rings. The molecule has 7 heteroatoms. The fourth-order valence-corrected chi connectivity index (χ4v) is 3.23. The van der Waals surface area contributed by atoms with Crippen molar-refractivity contribution in [1.82, 2.24) is 0 Å². The van der Waals surface area contributed by atoms with Gasteiger partial charge in [-0.1, -0.05) is 24.3 Å². The van der Waals surface area contributed by atoms with E-state index in [0.29, 0.717) is 29.4 Å². The first-order valence-electron chi connectivity index (χ1n) is 11.1. The van der Waals surface area contributed by atoms with Gasteiger partial charge in [0.15, 0.2) is 6.61 Å². The average Bonchev–Trinajstić information content (AvgIpc) is 2.85. The number of benzene rings is 3. The van der Waals surface area contributed by atoms with E-state index in [1.807, 2.05) is 45.0 Å². The van der Waals surface area contributed by atoms with E-state index in [-0.39, 0.29) is 18.1 Å². The maximum atomic E-state index is 12.6. The summed E-state index contributed by atoms with van der Waals surface area (Å²) in [6.45, 7) is 6.19. The molecule has 2 amide bonds. The van der Waals surface area contributed by atoms with Crippen LogP contribution >= 0.6 is 0 Å². The van der Waals surface area contributed by atoms with Gasteiger partial charge in [-0.25, -0.2) is 0 Å². The van der Waals surface area contributed by atoms with Crippen LogP contribution in [0.15, 0.2) is 72.3 Å². The second-order valence-corrected chi connectivity index (χ2v) is 7.74. The van der Waals surface area contributed by atoms with Crippen molar-refractivity contribution in [2.45, 2.75) is 20.8 Å². The van der Waals surface area contributed by atoms with Crippen LogP contribution in [0.25, 0.3) is 6.08 Å². The van der Waals surface area contributed by atoms with E-state index in [2.05, 4.69) is 10.6 Å². The van der Waals surface area contributed by atoms with Gasteiger partial charge < -0.3 is 20.1 Å². The molecule has 0 saturated heterocycles. The first-order chi connectivity index (χ1) is 16.9. The number of anilines is 2. The Morgan fingerprint density at radius 1 is 0.943 bits per heavy atom. The second kappa shape index (κ2) is 12.1. The minimum Gasteiger partial charge on any atom is -0.494 e. The van der Waals surface area contributed by atoms with Crippen LogP contribution in [0.3, 0.4) is 0 Å². The zero-order chi connectivity index (χ0) is 25.2. The topological polar surface area (TPSA) is 100 Å². The summed E-state index contributed by atoms with van der Waals surface area (Å²) < 4.78 is 11.0. The largest absolute Gasteiger partial charge is 0.494 e. The van der Waals surface area contributed by atoms with Crippen LogP contribution < -0.4 is 20.1 Å². The zero-order valence-corrected chi connectivity index (χ0v) is 19.9. The smallest absolute Gasteiger partial charge is 0.266 e. The molecule has 0 radical (unpaired) electrons. The highest BCUT2D eigenvalue weighted by atomic mass is 16.5. The number of nitriles is 1. The van der Waals surface area contributed by atoms with Crippen LogP contribution in [0, 0.1) is 25.2 Å². The Kier molecular flexibility index (Phi) is 8.63. The summed E-state index contributed by atoms with van der Waals surface area (Å²) in [4.78, 5) is 24.9. The first-order valence-corrected chi connectivity index (χ1v) is 11.1. The minimum atomic E-state index is -0.532. The van der Waals surface area contributed by atoms with Crippen LogP contribution in [-0.2, 0) is 9.59 Å². The van der Waals surface area contributed by atoms with Gasteiger partial charge in [0, 0.05) is 11.4 Å². The quantitative estimate of drug-likeness (QED) is 0.329. The lowest BCUT2D eigenvalue weighted by atomic mass is 10.1. The molecule has 0 aliphatic heterocycles. The standard InChI is InChI=1S/C28H27N3O4/c1-4-34-24-13-11-23(12-14-24)30-28(33)22(17-29)15-21-8-6-9-25(16-21)35-18-27(32)31-26-10-5-7-19(2)20(26)3/h5-16H,4,18H2,1-3H3,(H,30,33)(H,31,32)/b22-15+. The molecular weight excluding hydrogens is 442 g/mol. The maximum Gasteiger partial charge on any atom is 0.266 e. The van der Waals surface area contributed by atoms with Crippen molar-refractivity contribution >= 4 is 29.3 Å². The van der Waals surface area contributed by atoms with Crippen molar-refractivity contribution in [3.05, 3.63) is 89.0 Å². The molecular formula is C28H27N3O4. The van der Waals surface area contributed by atoms with E-state index in [0.717, 1.165) is 16.8 Å². The fourth-order valence-electron chi connectivity index (χ4n) is 3.23. The Morgan fingerprint density at radius 2 is 1.69 bits per heavy atom. The Morgan fingerprint density at radius 3 is 2.40 bits per heavy atom. The molecule has 3 rings (SSSR count). The van der Waals surface area contributed by atoms with Gasteiger partial charge in [-0.05, 0) is 86.0 Å². The van der Waals surface area contributed by atoms with E-state index >= 15 is 0 Å². The zero-order valence-electron chi connectivity index (χ0n) is 19.9. The van der Waals surface area contributed by atoms with E-state index in [1.54, 1.807) is 48.5 Å². The van der Waals surface area contributed by atoms with Crippen molar-refractivity contribution in [3.63, 3.8) is 0 Å². The van der Waals surface area contributed by atoms with Crippen molar-refractivity contribution < 1.29 is 19.1 Å². The molecule has 3 aromatic carbocycles. The first kappa shape index (κ1) is 25.1. The lowest BCUT2D eigenvalue weighted by Gasteiger charge is -2.11. The predicted molar refractivity (Wildman–Crippen MR) is 136 cm³/mol. The fraction of sp³-hybridized carbons (Fsp3) is 0.179. The minimum absolute atomic E-state index is 0.0660. The highest BCUT2D eigenvalue weighted by molar-refractivity contribution is 6.09. The van der Waals surface area contributed by atoms with Crippen molar-refractivity contribution in [2.24, 2.45) is 0 Å². The number of carbonyl (C=O) groups excluding carboxylic acids is 2. The molecule has 0 unspecified atom stereocenters. The molecule has 178 valence electrons. The van der Waals surface area contributed by atoms with Crippen LogP contribution in [-0.4, -0.2) is 25.0 Å². The van der Waals surface area contributed by atoms with Crippen LogP contribution in [0.4, 0.5) is 11.4 Å². The summed E-state index contributed by atoms with van der Waals surface area (Å²) in [6, 6.07) is 21.4. The van der Waals surface area contributed by atoms with Crippen molar-refractivity contribution in [2.75, 3.05) is 23.8 Å². The summed E-state index contributed by atoms with van der Waals surface area (Å²) in [5.41, 5.74) is 3.90. The van der Waals surface area contributed by atoms with Crippen molar-refractivity contribution in [1.29, 1.82) is 5.26 Å². The van der Waals surface area contributed by atoms with Gasteiger partial charge in [0.05, 0.1) is 6.61 Å². The third-order valence-corrected chi connectivity index (χ3v) is 5.21. The van der Waals surface area contributed by atoms with E-state index in [4.69, 9.17) is 9.47 Å². The van der Waals surface area contributed by atoms with Crippen molar-refractivity contribution in [3.8, 4) is 17.6 Å². The van der Waals surface area contributed by atoms with Gasteiger partial charge in [0.2, 0.25) is 0 Å². The number of hydrogen-bond acceptors (Lipinski definition) is 5. The number of amides is 2. The molecule has 0 bridgehead atoms. The number of carbonyl (C=O) groups is 2. The second-order valence-electron chi connectivity index (χ2n) is 7.74. The van der Waals surface area contributed by atoms with E-state index in [9.17, 15) is 14.9 Å². The normalized spacial score (nSPS) is 10.7. The summed E-state index contributed by atoms with van der Waals surface area (Å²) >= 11 is 0. The SMILES string of the molecule is CCOc1ccc(NC(=O)/C(C#N)=C/c2cccc(OCC(=O)Nc3cccc(C)c3C)c2)cc1. The molecule has 0 aliphatic rings. The number of nitrogens with zero attached hydrogens (tertiary/aromatic N) is 1. The lowest BCUT2D eigenvalue weighted by Crippen LogP contribution is -2.20. The summed E-state index contributed by atoms with van der Waals surface area (Å²) in [5.74, 6) is 0.322. The van der Waals surface area contributed by atoms with Gasteiger partial charge >= 0.3 is 0 Å². The molecule has 0 aromatic heterocycles. The highest BCUT2D eigenvalue weighted by Gasteiger charge is 2.11.